The zero-order valence-corrected chi connectivity index (χ0v) is 19.3. The second kappa shape index (κ2) is 7.46. The Morgan fingerprint density at radius 3 is 2.07 bits per heavy atom. The molecule has 28 heavy (non-hydrogen) atoms. The molecule has 0 radical (unpaired) electrons. The van der Waals surface area contributed by atoms with Crippen LogP contribution in [0.5, 0.6) is 0 Å². The van der Waals surface area contributed by atoms with Gasteiger partial charge in [-0.15, -0.1) is 0 Å². The summed E-state index contributed by atoms with van der Waals surface area (Å²) in [6.07, 6.45) is 3.74. The van der Waals surface area contributed by atoms with Crippen LogP contribution in [0, 0.1) is 16.7 Å². The van der Waals surface area contributed by atoms with E-state index in [0.717, 1.165) is 18.6 Å². The minimum Gasteiger partial charge on any atom is -0.460 e. The topological polar surface area (TPSA) is 65.0 Å². The molecule has 0 amide bonds. The van der Waals surface area contributed by atoms with E-state index in [1.54, 1.807) is 0 Å². The molecule has 2 fully saturated rings. The van der Waals surface area contributed by atoms with Crippen LogP contribution in [-0.4, -0.2) is 34.9 Å². The number of carbonyl (C=O) groups is 2. The van der Waals surface area contributed by atoms with Crippen molar-refractivity contribution in [1.29, 1.82) is 0 Å². The van der Waals surface area contributed by atoms with E-state index in [1.807, 2.05) is 41.5 Å². The summed E-state index contributed by atoms with van der Waals surface area (Å²) in [5.74, 6) is -0.0464. The fraction of sp³-hybridized carbons (Fsp3) is 0.870. The van der Waals surface area contributed by atoms with Crippen molar-refractivity contribution in [1.82, 2.24) is 0 Å². The molecular weight excluding hydrogens is 354 g/mol. The molecule has 0 aromatic heterocycles. The highest BCUT2D eigenvalue weighted by Gasteiger charge is 2.59. The molecular formula is C23H39NO4. The first kappa shape index (κ1) is 22.9. The monoisotopic (exact) mass is 393 g/mol. The summed E-state index contributed by atoms with van der Waals surface area (Å²) in [6, 6.07) is -0.659. The molecule has 0 saturated heterocycles. The van der Waals surface area contributed by atoms with Gasteiger partial charge in [-0.05, 0) is 78.6 Å². The van der Waals surface area contributed by atoms with E-state index < -0.39 is 17.2 Å². The highest BCUT2D eigenvalue weighted by Crippen LogP contribution is 2.64. The van der Waals surface area contributed by atoms with E-state index in [-0.39, 0.29) is 29.2 Å². The van der Waals surface area contributed by atoms with Crippen molar-refractivity contribution in [3.05, 3.63) is 0 Å². The first-order chi connectivity index (χ1) is 12.6. The lowest BCUT2D eigenvalue weighted by Crippen LogP contribution is -2.36. The third-order valence-electron chi connectivity index (χ3n) is 6.54. The van der Waals surface area contributed by atoms with Crippen molar-refractivity contribution in [3.63, 3.8) is 0 Å². The highest BCUT2D eigenvalue weighted by molar-refractivity contribution is 5.96. The molecule has 0 spiro atoms. The average Bonchev–Trinajstić information content (AvgIpc) is 2.80. The molecule has 0 aromatic rings. The van der Waals surface area contributed by atoms with Crippen LogP contribution in [0.1, 0.15) is 94.4 Å². The summed E-state index contributed by atoms with van der Waals surface area (Å²) in [6.45, 7) is 18.0. The maximum atomic E-state index is 12.8. The van der Waals surface area contributed by atoms with Gasteiger partial charge in [-0.25, -0.2) is 4.79 Å². The van der Waals surface area contributed by atoms with Gasteiger partial charge in [-0.1, -0.05) is 20.8 Å². The Morgan fingerprint density at radius 2 is 1.64 bits per heavy atom. The van der Waals surface area contributed by atoms with E-state index in [1.165, 1.54) is 6.42 Å². The number of rotatable bonds is 5. The van der Waals surface area contributed by atoms with Crippen molar-refractivity contribution in [2.24, 2.45) is 21.7 Å². The number of hydrogen-bond donors (Lipinski definition) is 0. The first-order valence-corrected chi connectivity index (χ1v) is 10.6. The van der Waals surface area contributed by atoms with Crippen LogP contribution in [0.4, 0.5) is 0 Å². The molecule has 0 aromatic carbocycles. The maximum Gasteiger partial charge on any atom is 0.331 e. The largest absolute Gasteiger partial charge is 0.460 e. The van der Waals surface area contributed by atoms with Gasteiger partial charge in [0, 0.05) is 17.5 Å². The lowest BCUT2D eigenvalue weighted by molar-refractivity contribution is -0.157. The summed E-state index contributed by atoms with van der Waals surface area (Å²) in [4.78, 5) is 29.9. The molecule has 2 aliphatic carbocycles. The second-order valence-corrected chi connectivity index (χ2v) is 11.2. The third-order valence-corrected chi connectivity index (χ3v) is 6.54. The molecule has 0 aliphatic heterocycles. The van der Waals surface area contributed by atoms with E-state index in [9.17, 15) is 9.59 Å². The normalized spacial score (nSPS) is 29.0. The van der Waals surface area contributed by atoms with Gasteiger partial charge in [0.1, 0.15) is 17.2 Å². The Labute approximate surface area is 170 Å². The predicted molar refractivity (Wildman–Crippen MR) is 111 cm³/mol. The molecule has 5 heteroatoms. The number of carbonyl (C=O) groups excluding carboxylic acids is 2. The van der Waals surface area contributed by atoms with Gasteiger partial charge in [-0.2, -0.15) is 0 Å². The average molecular weight is 394 g/mol. The number of fused-ring (bicyclic) bond motifs is 2. The number of ether oxygens (including phenoxy) is 2. The lowest BCUT2D eigenvalue weighted by Gasteiger charge is -2.35. The Bertz CT molecular complexity index is 650. The molecule has 2 bridgehead atoms. The standard InChI is InChI=1S/C23H39NO4/c1-20(2,3)27-18(25)11-10-16(19(26)28-21(4,5)6)24-17-14-15-12-13-23(17,9)22(15,7)8/h15-16H,10-14H2,1-9H3/t15-,16+,23+/m1/s1. The minimum absolute atomic E-state index is 0.0177. The Balaban J connectivity index is 2.20. The van der Waals surface area contributed by atoms with Crippen LogP contribution in [0.25, 0.3) is 0 Å². The van der Waals surface area contributed by atoms with Crippen LogP contribution >= 0.6 is 0 Å². The highest BCUT2D eigenvalue weighted by atomic mass is 16.6. The van der Waals surface area contributed by atoms with Gasteiger partial charge in [0.15, 0.2) is 0 Å². The van der Waals surface area contributed by atoms with Crippen LogP contribution in [-0.2, 0) is 19.1 Å². The number of aliphatic imine (C=N–C) groups is 1. The Kier molecular flexibility index (Phi) is 6.10. The molecule has 2 aliphatic rings. The zero-order valence-electron chi connectivity index (χ0n) is 19.3. The lowest BCUT2D eigenvalue weighted by atomic mass is 9.70. The molecule has 0 unspecified atom stereocenters. The fourth-order valence-corrected chi connectivity index (χ4v) is 4.56. The summed E-state index contributed by atoms with van der Waals surface area (Å²) in [7, 11) is 0. The van der Waals surface area contributed by atoms with Gasteiger partial charge in [0.05, 0.1) is 0 Å². The van der Waals surface area contributed by atoms with E-state index in [0.29, 0.717) is 12.3 Å². The SMILES string of the molecule is CC(C)(C)OC(=O)CC[C@H](N=C1C[C@H]2CC[C@]1(C)C2(C)C)C(=O)OC(C)(C)C. The van der Waals surface area contributed by atoms with Gasteiger partial charge in [0.25, 0.3) is 0 Å². The van der Waals surface area contributed by atoms with E-state index in [2.05, 4.69) is 20.8 Å². The summed E-state index contributed by atoms with van der Waals surface area (Å²) >= 11 is 0. The van der Waals surface area contributed by atoms with Gasteiger partial charge >= 0.3 is 11.9 Å². The third kappa shape index (κ3) is 4.96. The summed E-state index contributed by atoms with van der Waals surface area (Å²) in [5, 5.41) is 0. The molecule has 2 rings (SSSR count). The van der Waals surface area contributed by atoms with Crippen molar-refractivity contribution in [2.75, 3.05) is 0 Å². The van der Waals surface area contributed by atoms with Gasteiger partial charge in [0.2, 0.25) is 0 Å². The zero-order chi connectivity index (χ0) is 21.5. The Hall–Kier alpha value is -1.39. The second-order valence-electron chi connectivity index (χ2n) is 11.2. The molecule has 160 valence electrons. The quantitative estimate of drug-likeness (QED) is 0.609. The van der Waals surface area contributed by atoms with Crippen LogP contribution in [0.2, 0.25) is 0 Å². The molecule has 0 heterocycles. The van der Waals surface area contributed by atoms with Crippen LogP contribution in [0.3, 0.4) is 0 Å². The smallest absolute Gasteiger partial charge is 0.331 e. The van der Waals surface area contributed by atoms with Gasteiger partial charge < -0.3 is 9.47 Å². The fourth-order valence-electron chi connectivity index (χ4n) is 4.56. The number of nitrogens with zero attached hydrogens (tertiary/aromatic N) is 1. The summed E-state index contributed by atoms with van der Waals surface area (Å²) < 4.78 is 11.0. The summed E-state index contributed by atoms with van der Waals surface area (Å²) in [5.41, 5.74) is 0.208. The number of hydrogen-bond acceptors (Lipinski definition) is 5. The van der Waals surface area contributed by atoms with Crippen molar-refractivity contribution >= 4 is 17.7 Å². The molecule has 3 atom stereocenters. The molecule has 0 N–H and O–H groups in total. The van der Waals surface area contributed by atoms with Crippen molar-refractivity contribution in [3.8, 4) is 0 Å². The molecule has 2 saturated carbocycles. The van der Waals surface area contributed by atoms with Crippen LogP contribution in [0.15, 0.2) is 4.99 Å². The van der Waals surface area contributed by atoms with Crippen LogP contribution < -0.4 is 0 Å². The van der Waals surface area contributed by atoms with Crippen molar-refractivity contribution in [2.45, 2.75) is 112 Å². The van der Waals surface area contributed by atoms with E-state index >= 15 is 0 Å². The first-order valence-electron chi connectivity index (χ1n) is 10.6. The Morgan fingerprint density at radius 1 is 1.07 bits per heavy atom. The maximum absolute atomic E-state index is 12.8. The minimum atomic E-state index is -0.659. The van der Waals surface area contributed by atoms with Crippen molar-refractivity contribution < 1.29 is 19.1 Å². The molecule has 5 nitrogen and oxygen atoms in total. The number of esters is 2. The van der Waals surface area contributed by atoms with E-state index in [4.69, 9.17) is 14.5 Å². The van der Waals surface area contributed by atoms with Gasteiger partial charge in [-0.3, -0.25) is 9.79 Å². The predicted octanol–water partition coefficient (Wildman–Crippen LogP) is 5.11.